The quantitative estimate of drug-likeness (QED) is 0.618. The second kappa shape index (κ2) is 4.58. The summed E-state index contributed by atoms with van der Waals surface area (Å²) in [6.45, 7) is 0.321. The fourth-order valence-electron chi connectivity index (χ4n) is 1.66. The van der Waals surface area contributed by atoms with E-state index >= 15 is 0 Å². The van der Waals surface area contributed by atoms with Crippen molar-refractivity contribution in [2.75, 3.05) is 19.8 Å². The molecule has 1 aromatic heterocycles. The summed E-state index contributed by atoms with van der Waals surface area (Å²) in [6.07, 6.45) is 2.45. The smallest absolute Gasteiger partial charge is 0.324 e. The molecule has 0 unspecified atom stereocenters. The van der Waals surface area contributed by atoms with Crippen LogP contribution in [0.4, 0.5) is 0 Å². The first-order chi connectivity index (χ1) is 8.15. The Hall–Kier alpha value is -1.82. The maximum Gasteiger partial charge on any atom is 0.324 e. The Labute approximate surface area is 98.0 Å². The Balaban J connectivity index is 1.83. The Morgan fingerprint density at radius 3 is 2.76 bits per heavy atom. The van der Waals surface area contributed by atoms with E-state index in [1.807, 2.05) is 12.1 Å². The van der Waals surface area contributed by atoms with Gasteiger partial charge in [-0.2, -0.15) is 0 Å². The number of carbonyl (C=O) groups excluding carboxylic acids is 1. The minimum absolute atomic E-state index is 0.0450. The van der Waals surface area contributed by atoms with E-state index in [0.29, 0.717) is 13.0 Å². The van der Waals surface area contributed by atoms with Crippen LogP contribution in [0.15, 0.2) is 18.3 Å². The fourth-order valence-corrected chi connectivity index (χ4v) is 1.66. The second-order valence-electron chi connectivity index (χ2n) is 4.08. The van der Waals surface area contributed by atoms with Crippen molar-refractivity contribution in [3.05, 3.63) is 24.0 Å². The molecule has 1 amide bonds. The molecule has 1 aliphatic heterocycles. The van der Waals surface area contributed by atoms with Gasteiger partial charge >= 0.3 is 5.97 Å². The zero-order valence-electron chi connectivity index (χ0n) is 9.23. The zero-order chi connectivity index (χ0) is 12.3. The van der Waals surface area contributed by atoms with E-state index in [0.717, 1.165) is 5.69 Å². The van der Waals surface area contributed by atoms with E-state index in [2.05, 4.69) is 10.3 Å². The zero-order valence-corrected chi connectivity index (χ0v) is 9.23. The predicted octanol–water partition coefficient (Wildman–Crippen LogP) is -0.225. The highest BCUT2D eigenvalue weighted by Crippen LogP contribution is 2.27. The Morgan fingerprint density at radius 2 is 2.29 bits per heavy atom. The van der Waals surface area contributed by atoms with Crippen molar-refractivity contribution in [3.63, 3.8) is 0 Å². The molecule has 6 heteroatoms. The number of nitrogens with one attached hydrogen (secondary N) is 2. The average Bonchev–Trinajstić information content (AvgIpc) is 2.67. The van der Waals surface area contributed by atoms with E-state index in [9.17, 15) is 9.59 Å². The highest BCUT2D eigenvalue weighted by molar-refractivity contribution is 6.03. The lowest BCUT2D eigenvalue weighted by atomic mass is 9.85. The number of hydrogen-bond donors (Lipinski definition) is 3. The molecule has 6 nitrogen and oxygen atoms in total. The first-order valence-corrected chi connectivity index (χ1v) is 5.37. The number of H-pyrrole nitrogens is 1. The molecule has 0 atom stereocenters. The lowest BCUT2D eigenvalue weighted by Gasteiger charge is -2.35. The molecule has 1 aliphatic rings. The third-order valence-corrected chi connectivity index (χ3v) is 2.88. The summed E-state index contributed by atoms with van der Waals surface area (Å²) < 4.78 is 4.83. The Kier molecular flexibility index (Phi) is 3.14. The van der Waals surface area contributed by atoms with Crippen molar-refractivity contribution in [2.24, 2.45) is 5.41 Å². The van der Waals surface area contributed by atoms with Gasteiger partial charge in [0.2, 0.25) is 5.91 Å². The molecule has 92 valence electrons. The van der Waals surface area contributed by atoms with Gasteiger partial charge in [-0.15, -0.1) is 0 Å². The molecule has 2 rings (SSSR count). The summed E-state index contributed by atoms with van der Waals surface area (Å²) in [6, 6.07) is 3.78. The van der Waals surface area contributed by atoms with Gasteiger partial charge in [-0.05, 0) is 12.1 Å². The van der Waals surface area contributed by atoms with E-state index in [4.69, 9.17) is 9.84 Å². The number of rotatable bonds is 5. The third-order valence-electron chi connectivity index (χ3n) is 2.88. The van der Waals surface area contributed by atoms with E-state index < -0.39 is 17.3 Å². The van der Waals surface area contributed by atoms with Crippen LogP contribution in [0.3, 0.4) is 0 Å². The normalized spacial score (nSPS) is 17.2. The molecule has 0 aliphatic carbocycles. The minimum atomic E-state index is -1.38. The lowest BCUT2D eigenvalue weighted by molar-refractivity contribution is -0.185. The van der Waals surface area contributed by atoms with Crippen LogP contribution in [0.2, 0.25) is 0 Å². The van der Waals surface area contributed by atoms with Crippen molar-refractivity contribution >= 4 is 11.9 Å². The number of aliphatic carboxylic acids is 1. The molecule has 0 radical (unpaired) electrons. The largest absolute Gasteiger partial charge is 0.480 e. The number of carboxylic acids is 1. The summed E-state index contributed by atoms with van der Waals surface area (Å²) in [5.41, 5.74) is -0.380. The van der Waals surface area contributed by atoms with Crippen LogP contribution in [0.25, 0.3) is 0 Å². The first kappa shape index (κ1) is 11.7. The van der Waals surface area contributed by atoms with Gasteiger partial charge < -0.3 is 20.1 Å². The van der Waals surface area contributed by atoms with Crippen molar-refractivity contribution in [1.82, 2.24) is 10.3 Å². The third kappa shape index (κ3) is 2.16. The van der Waals surface area contributed by atoms with Gasteiger partial charge in [0.1, 0.15) is 0 Å². The van der Waals surface area contributed by atoms with Gasteiger partial charge in [0.05, 0.1) is 13.2 Å². The summed E-state index contributed by atoms with van der Waals surface area (Å²) in [4.78, 5) is 25.7. The Morgan fingerprint density at radius 1 is 1.53 bits per heavy atom. The van der Waals surface area contributed by atoms with Crippen LogP contribution in [-0.4, -0.2) is 41.7 Å². The molecule has 0 spiro atoms. The van der Waals surface area contributed by atoms with Crippen LogP contribution in [0, 0.1) is 5.41 Å². The number of aromatic nitrogens is 1. The standard InChI is InChI=1S/C11H14N2O4/c14-9(11(10(15)16)6-17-7-11)13-5-3-8-2-1-4-12-8/h1-2,4,12H,3,5-7H2,(H,13,14)(H,15,16). The number of hydrogen-bond acceptors (Lipinski definition) is 3. The Bertz CT molecular complexity index is 409. The van der Waals surface area contributed by atoms with Gasteiger partial charge in [0.15, 0.2) is 5.41 Å². The molecule has 0 aromatic carbocycles. The maximum atomic E-state index is 11.7. The molecule has 0 bridgehead atoms. The van der Waals surface area contributed by atoms with Gasteiger partial charge in [0.25, 0.3) is 0 Å². The number of carboxylic acid groups (broad SMARTS) is 1. The molecule has 17 heavy (non-hydrogen) atoms. The van der Waals surface area contributed by atoms with E-state index in [-0.39, 0.29) is 13.2 Å². The van der Waals surface area contributed by atoms with Crippen LogP contribution < -0.4 is 5.32 Å². The minimum Gasteiger partial charge on any atom is -0.480 e. The van der Waals surface area contributed by atoms with Crippen molar-refractivity contribution in [2.45, 2.75) is 6.42 Å². The predicted molar refractivity (Wildman–Crippen MR) is 58.4 cm³/mol. The highest BCUT2D eigenvalue weighted by atomic mass is 16.5. The monoisotopic (exact) mass is 238 g/mol. The van der Waals surface area contributed by atoms with E-state index in [1.165, 1.54) is 0 Å². The van der Waals surface area contributed by atoms with Gasteiger partial charge in [-0.1, -0.05) is 0 Å². The molecular weight excluding hydrogens is 224 g/mol. The highest BCUT2D eigenvalue weighted by Gasteiger charge is 2.53. The number of carbonyl (C=O) groups is 2. The van der Waals surface area contributed by atoms with Crippen LogP contribution in [0.1, 0.15) is 5.69 Å². The van der Waals surface area contributed by atoms with Crippen molar-refractivity contribution < 1.29 is 19.4 Å². The van der Waals surface area contributed by atoms with Gasteiger partial charge in [0, 0.05) is 24.9 Å². The topological polar surface area (TPSA) is 91.4 Å². The average molecular weight is 238 g/mol. The molecule has 3 N–H and O–H groups in total. The van der Waals surface area contributed by atoms with Crippen LogP contribution in [-0.2, 0) is 20.7 Å². The van der Waals surface area contributed by atoms with Crippen LogP contribution in [0.5, 0.6) is 0 Å². The molecule has 1 aromatic rings. The van der Waals surface area contributed by atoms with Gasteiger partial charge in [-0.25, -0.2) is 0 Å². The summed E-state index contributed by atoms with van der Waals surface area (Å²) in [5, 5.41) is 11.6. The maximum absolute atomic E-state index is 11.7. The number of amides is 1. The van der Waals surface area contributed by atoms with Crippen molar-refractivity contribution in [3.8, 4) is 0 Å². The fraction of sp³-hybridized carbons (Fsp3) is 0.455. The van der Waals surface area contributed by atoms with Gasteiger partial charge in [-0.3, -0.25) is 9.59 Å². The number of aromatic amines is 1. The van der Waals surface area contributed by atoms with E-state index in [1.54, 1.807) is 6.20 Å². The SMILES string of the molecule is O=C(O)C1(C(=O)NCCc2ccc[nH]2)COC1. The molecule has 1 fully saturated rings. The van der Waals surface area contributed by atoms with Crippen molar-refractivity contribution in [1.29, 1.82) is 0 Å². The summed E-state index contributed by atoms with van der Waals surface area (Å²) in [7, 11) is 0. The number of ether oxygens (including phenoxy) is 1. The summed E-state index contributed by atoms with van der Waals surface area (Å²) >= 11 is 0. The molecule has 2 heterocycles. The molecular formula is C11H14N2O4. The molecule has 1 saturated heterocycles. The van der Waals surface area contributed by atoms with Crippen LogP contribution >= 0.6 is 0 Å². The molecule has 0 saturated carbocycles. The second-order valence-corrected chi connectivity index (χ2v) is 4.08. The summed E-state index contributed by atoms with van der Waals surface area (Å²) in [5.74, 6) is -1.59. The first-order valence-electron chi connectivity index (χ1n) is 5.37. The lowest BCUT2D eigenvalue weighted by Crippen LogP contribution is -2.59.